The number of aromatic nitrogens is 6. The molecule has 0 amide bonds. The summed E-state index contributed by atoms with van der Waals surface area (Å²) in [5, 5.41) is 26.3. The van der Waals surface area contributed by atoms with Crippen molar-refractivity contribution < 1.29 is 10.0 Å². The van der Waals surface area contributed by atoms with Gasteiger partial charge in [-0.3, -0.25) is 0 Å². The monoisotopic (exact) mass is 349 g/mol. The summed E-state index contributed by atoms with van der Waals surface area (Å²) in [6.45, 7) is 0. The van der Waals surface area contributed by atoms with Crippen molar-refractivity contribution in [2.75, 3.05) is 5.73 Å². The topological polar surface area (TPSA) is 128 Å². The van der Waals surface area contributed by atoms with E-state index in [2.05, 4.69) is 36.1 Å². The van der Waals surface area contributed by atoms with Crippen molar-refractivity contribution >= 4 is 34.3 Å². The van der Waals surface area contributed by atoms with Gasteiger partial charge < -0.3 is 15.8 Å². The van der Waals surface area contributed by atoms with E-state index in [1.54, 1.807) is 18.5 Å². The highest BCUT2D eigenvalue weighted by Crippen LogP contribution is 2.24. The second-order valence-corrected chi connectivity index (χ2v) is 4.88. The van der Waals surface area contributed by atoms with Crippen molar-refractivity contribution in [3.8, 4) is 11.8 Å². The molecule has 0 aliphatic carbocycles. The Bertz CT molecular complexity index is 774. The van der Waals surface area contributed by atoms with Crippen LogP contribution in [-0.4, -0.2) is 46.7 Å². The zero-order valence-electron chi connectivity index (χ0n) is 10.5. The molecule has 0 saturated carbocycles. The molecule has 0 spiro atoms. The molecule has 0 aromatic carbocycles. The Balaban J connectivity index is 2.11. The largest absolute Gasteiger partial charge is 0.491 e. The Hall–Kier alpha value is -2.24. The number of anilines is 1. The number of nitrogens with two attached hydrogens (primary N) is 1. The lowest BCUT2D eigenvalue weighted by Crippen LogP contribution is -2.28. The molecule has 21 heavy (non-hydrogen) atoms. The van der Waals surface area contributed by atoms with Crippen LogP contribution in [-0.2, 0) is 0 Å². The van der Waals surface area contributed by atoms with Crippen LogP contribution >= 0.6 is 15.9 Å². The number of hydrogen-bond acceptors (Lipinski definition) is 7. The molecule has 3 aromatic rings. The first-order valence-corrected chi connectivity index (χ1v) is 6.59. The van der Waals surface area contributed by atoms with Crippen LogP contribution in [0.5, 0.6) is 0 Å². The van der Waals surface area contributed by atoms with Crippen molar-refractivity contribution in [2.24, 2.45) is 0 Å². The van der Waals surface area contributed by atoms with Gasteiger partial charge in [-0.2, -0.15) is 20.2 Å². The second-order valence-electron chi connectivity index (χ2n) is 4.09. The Labute approximate surface area is 127 Å². The second kappa shape index (κ2) is 5.28. The Morgan fingerprint density at radius 2 is 2.00 bits per heavy atom. The van der Waals surface area contributed by atoms with E-state index >= 15 is 0 Å². The standard InChI is InChI=1S/C10H9BBrN7O2/c12-7-8(13)16-10(17-9(7)18-3-1-2-14-18)19-5-6(4-15-19)11(20)21/h1-5,20-21H,(H2,13,16,17). The van der Waals surface area contributed by atoms with Crippen molar-refractivity contribution in [1.29, 1.82) is 0 Å². The number of nitrogens with zero attached hydrogens (tertiary/aromatic N) is 6. The lowest BCUT2D eigenvalue weighted by Gasteiger charge is -2.08. The molecule has 4 N–H and O–H groups in total. The van der Waals surface area contributed by atoms with Gasteiger partial charge in [0.1, 0.15) is 10.3 Å². The van der Waals surface area contributed by atoms with Crippen molar-refractivity contribution in [3.63, 3.8) is 0 Å². The van der Waals surface area contributed by atoms with E-state index in [0.717, 1.165) is 0 Å². The van der Waals surface area contributed by atoms with Crippen LogP contribution in [0.15, 0.2) is 35.3 Å². The van der Waals surface area contributed by atoms with Crippen LogP contribution in [0.25, 0.3) is 11.8 Å². The molecule has 11 heteroatoms. The summed E-state index contributed by atoms with van der Waals surface area (Å²) in [6.07, 6.45) is 6.03. The Kier molecular flexibility index (Phi) is 3.45. The minimum Gasteiger partial charge on any atom is -0.423 e. The van der Waals surface area contributed by atoms with Gasteiger partial charge in [0.25, 0.3) is 5.95 Å². The molecule has 0 radical (unpaired) electrons. The molecular formula is C10H9BBrN7O2. The SMILES string of the molecule is Nc1nc(-n2cc(B(O)O)cn2)nc(-n2cccn2)c1Br. The van der Waals surface area contributed by atoms with E-state index < -0.39 is 7.12 Å². The van der Waals surface area contributed by atoms with Gasteiger partial charge >= 0.3 is 7.12 Å². The van der Waals surface area contributed by atoms with Crippen LogP contribution in [0.3, 0.4) is 0 Å². The fourth-order valence-corrected chi connectivity index (χ4v) is 2.03. The zero-order valence-corrected chi connectivity index (χ0v) is 12.1. The van der Waals surface area contributed by atoms with E-state index in [4.69, 9.17) is 15.8 Å². The predicted molar refractivity (Wildman–Crippen MR) is 78.2 cm³/mol. The average Bonchev–Trinajstić information content (AvgIpc) is 3.11. The first kappa shape index (κ1) is 13.7. The Morgan fingerprint density at radius 3 is 2.62 bits per heavy atom. The first-order chi connectivity index (χ1) is 10.1. The third-order valence-electron chi connectivity index (χ3n) is 2.67. The smallest absolute Gasteiger partial charge is 0.423 e. The van der Waals surface area contributed by atoms with Crippen LogP contribution in [0.2, 0.25) is 0 Å². The van der Waals surface area contributed by atoms with Gasteiger partial charge in [0.05, 0.1) is 0 Å². The van der Waals surface area contributed by atoms with Gasteiger partial charge in [-0.15, -0.1) is 0 Å². The molecule has 3 heterocycles. The highest BCUT2D eigenvalue weighted by molar-refractivity contribution is 9.10. The highest BCUT2D eigenvalue weighted by Gasteiger charge is 2.17. The maximum Gasteiger partial charge on any atom is 0.491 e. The lowest BCUT2D eigenvalue weighted by atomic mass is 9.83. The maximum absolute atomic E-state index is 9.10. The van der Waals surface area contributed by atoms with Crippen molar-refractivity contribution in [1.82, 2.24) is 29.5 Å². The van der Waals surface area contributed by atoms with Gasteiger partial charge in [0.15, 0.2) is 5.82 Å². The summed E-state index contributed by atoms with van der Waals surface area (Å²) < 4.78 is 3.33. The van der Waals surface area contributed by atoms with Crippen molar-refractivity contribution in [2.45, 2.75) is 0 Å². The van der Waals surface area contributed by atoms with Gasteiger partial charge in [0.2, 0.25) is 0 Å². The molecule has 0 fully saturated rings. The van der Waals surface area contributed by atoms with Gasteiger partial charge in [-0.1, -0.05) is 0 Å². The maximum atomic E-state index is 9.10. The fraction of sp³-hybridized carbons (Fsp3) is 0. The van der Waals surface area contributed by atoms with Crippen LogP contribution in [0.1, 0.15) is 0 Å². The van der Waals surface area contributed by atoms with Crippen LogP contribution in [0, 0.1) is 0 Å². The summed E-state index contributed by atoms with van der Waals surface area (Å²) >= 11 is 3.32. The molecule has 0 unspecified atom stereocenters. The molecule has 9 nitrogen and oxygen atoms in total. The van der Waals surface area contributed by atoms with Crippen molar-refractivity contribution in [3.05, 3.63) is 35.3 Å². The van der Waals surface area contributed by atoms with E-state index in [1.165, 1.54) is 21.8 Å². The fourth-order valence-electron chi connectivity index (χ4n) is 1.67. The molecule has 0 aliphatic rings. The third kappa shape index (κ3) is 2.53. The normalized spacial score (nSPS) is 10.8. The summed E-state index contributed by atoms with van der Waals surface area (Å²) in [5.41, 5.74) is 6.08. The number of hydrogen-bond donors (Lipinski definition) is 3. The molecule has 3 aromatic heterocycles. The van der Waals surface area contributed by atoms with E-state index in [-0.39, 0.29) is 17.2 Å². The van der Waals surface area contributed by atoms with Crippen LogP contribution < -0.4 is 11.2 Å². The third-order valence-corrected chi connectivity index (χ3v) is 3.44. The van der Waals surface area contributed by atoms with Gasteiger partial charge in [-0.05, 0) is 22.0 Å². The highest BCUT2D eigenvalue weighted by atomic mass is 79.9. The molecule has 0 saturated heterocycles. The van der Waals surface area contributed by atoms with Gasteiger partial charge in [0, 0.05) is 30.3 Å². The molecule has 0 atom stereocenters. The number of halogens is 1. The summed E-state index contributed by atoms with van der Waals surface area (Å²) in [4.78, 5) is 8.42. The van der Waals surface area contributed by atoms with Crippen LogP contribution in [0.4, 0.5) is 5.82 Å². The average molecular weight is 350 g/mol. The minimum absolute atomic E-state index is 0.188. The van der Waals surface area contributed by atoms with E-state index in [0.29, 0.717) is 10.3 Å². The number of nitrogen functional groups attached to an aromatic ring is 1. The molecule has 106 valence electrons. The van der Waals surface area contributed by atoms with Gasteiger partial charge in [-0.25, -0.2) is 9.36 Å². The first-order valence-electron chi connectivity index (χ1n) is 5.80. The minimum atomic E-state index is -1.61. The summed E-state index contributed by atoms with van der Waals surface area (Å²) in [6, 6.07) is 1.75. The predicted octanol–water partition coefficient (Wildman–Crippen LogP) is -1.13. The summed E-state index contributed by atoms with van der Waals surface area (Å²) in [5.74, 6) is 0.851. The van der Waals surface area contributed by atoms with E-state index in [9.17, 15) is 0 Å². The molecule has 0 aliphatic heterocycles. The molecular weight excluding hydrogens is 341 g/mol. The molecule has 0 bridgehead atoms. The number of rotatable bonds is 3. The Morgan fingerprint density at radius 1 is 1.19 bits per heavy atom. The quantitative estimate of drug-likeness (QED) is 0.510. The zero-order chi connectivity index (χ0) is 15.0. The summed E-state index contributed by atoms with van der Waals surface area (Å²) in [7, 11) is -1.61. The lowest BCUT2D eigenvalue weighted by molar-refractivity contribution is 0.426. The molecule has 3 rings (SSSR count). The van der Waals surface area contributed by atoms with E-state index in [1.807, 2.05) is 0 Å².